The fourth-order valence-electron chi connectivity index (χ4n) is 4.40. The number of ether oxygens (including phenoxy) is 1. The Bertz CT molecular complexity index is 1090. The quantitative estimate of drug-likeness (QED) is 0.523. The molecule has 1 aliphatic rings. The summed E-state index contributed by atoms with van der Waals surface area (Å²) in [6, 6.07) is 16.8. The maximum Gasteiger partial charge on any atom is 0.256 e. The van der Waals surface area contributed by atoms with Crippen molar-refractivity contribution in [3.63, 3.8) is 0 Å². The average molecular weight is 447 g/mol. The number of fused-ring (bicyclic) bond motifs is 1. The Hall–Kier alpha value is -3.28. The van der Waals surface area contributed by atoms with E-state index in [1.165, 1.54) is 11.1 Å². The van der Waals surface area contributed by atoms with Crippen molar-refractivity contribution in [2.45, 2.75) is 59.2 Å². The molecule has 6 heteroatoms. The lowest BCUT2D eigenvalue weighted by atomic mass is 9.80. The number of aryl methyl sites for hydroxylation is 1. The van der Waals surface area contributed by atoms with Crippen LogP contribution in [0.25, 0.3) is 0 Å². The predicted molar refractivity (Wildman–Crippen MR) is 132 cm³/mol. The molecule has 2 N–H and O–H groups in total. The number of nitrogens with one attached hydrogen (secondary N) is 2. The van der Waals surface area contributed by atoms with Crippen LogP contribution in [0.15, 0.2) is 54.7 Å². The van der Waals surface area contributed by atoms with E-state index in [1.54, 1.807) is 13.3 Å². The molecule has 6 nitrogen and oxygen atoms in total. The van der Waals surface area contributed by atoms with Crippen molar-refractivity contribution in [3.05, 3.63) is 77.0 Å². The number of methoxy groups -OCH3 is 1. The molecule has 3 aromatic rings. The molecule has 174 valence electrons. The molecule has 0 unspecified atom stereocenters. The maximum atomic E-state index is 13.1. The number of hydrogen-bond acceptors (Lipinski definition) is 4. The van der Waals surface area contributed by atoms with E-state index in [1.807, 2.05) is 28.9 Å². The first-order chi connectivity index (χ1) is 15.8. The number of rotatable bonds is 6. The number of benzene rings is 2. The van der Waals surface area contributed by atoms with Crippen LogP contribution in [0.4, 0.5) is 5.82 Å². The van der Waals surface area contributed by atoms with Gasteiger partial charge in [-0.05, 0) is 47.1 Å². The van der Waals surface area contributed by atoms with Gasteiger partial charge in [-0.3, -0.25) is 4.79 Å². The van der Waals surface area contributed by atoms with Crippen LogP contribution in [-0.2, 0) is 13.0 Å². The van der Waals surface area contributed by atoms with Gasteiger partial charge in [0.05, 0.1) is 25.4 Å². The normalized spacial score (nSPS) is 17.7. The first kappa shape index (κ1) is 22.9. The zero-order valence-corrected chi connectivity index (χ0v) is 20.2. The highest BCUT2D eigenvalue weighted by Crippen LogP contribution is 2.44. The van der Waals surface area contributed by atoms with E-state index < -0.39 is 0 Å². The molecule has 0 bridgehead atoms. The third kappa shape index (κ3) is 4.90. The van der Waals surface area contributed by atoms with Gasteiger partial charge < -0.3 is 15.4 Å². The number of carbonyl (C=O) groups excluding carboxylic acids is 1. The molecule has 1 aliphatic heterocycles. The number of carbonyl (C=O) groups is 1. The smallest absolute Gasteiger partial charge is 0.256 e. The third-order valence-electron chi connectivity index (χ3n) is 6.51. The Morgan fingerprint density at radius 1 is 1.12 bits per heavy atom. The Kier molecular flexibility index (Phi) is 6.45. The standard InChI is InChI=1S/C27H34N4O2/c1-6-18-7-11-20(12-8-18)23-15-24(27(2,3)4)31-25(30-23)22(17-29-31)26(32)28-16-19-9-13-21(33-5)14-10-19/h7-14,17,23-24,30H,6,15-16H2,1-5H3,(H,28,32)/t23-,24+/m1/s1. The summed E-state index contributed by atoms with van der Waals surface area (Å²) in [5.41, 5.74) is 4.15. The minimum absolute atomic E-state index is 0.00131. The van der Waals surface area contributed by atoms with Crippen LogP contribution in [-0.4, -0.2) is 22.8 Å². The van der Waals surface area contributed by atoms with E-state index in [0.29, 0.717) is 12.1 Å². The summed E-state index contributed by atoms with van der Waals surface area (Å²) in [6.07, 6.45) is 3.62. The van der Waals surface area contributed by atoms with Gasteiger partial charge >= 0.3 is 0 Å². The predicted octanol–water partition coefficient (Wildman–Crippen LogP) is 5.53. The van der Waals surface area contributed by atoms with E-state index in [2.05, 4.69) is 67.7 Å². The molecular formula is C27H34N4O2. The van der Waals surface area contributed by atoms with Gasteiger partial charge in [0, 0.05) is 6.54 Å². The average Bonchev–Trinajstić information content (AvgIpc) is 3.25. The van der Waals surface area contributed by atoms with Crippen molar-refractivity contribution in [2.24, 2.45) is 5.41 Å². The second-order valence-electron chi connectivity index (χ2n) is 9.79. The van der Waals surface area contributed by atoms with E-state index >= 15 is 0 Å². The van der Waals surface area contributed by atoms with Gasteiger partial charge in [-0.1, -0.05) is 64.1 Å². The summed E-state index contributed by atoms with van der Waals surface area (Å²) in [5, 5.41) is 11.3. The van der Waals surface area contributed by atoms with Gasteiger partial charge in [-0.15, -0.1) is 0 Å². The fraction of sp³-hybridized carbons (Fsp3) is 0.407. The first-order valence-corrected chi connectivity index (χ1v) is 11.6. The van der Waals surface area contributed by atoms with Crippen molar-refractivity contribution in [2.75, 3.05) is 12.4 Å². The molecule has 0 aliphatic carbocycles. The van der Waals surface area contributed by atoms with Crippen LogP contribution < -0.4 is 15.4 Å². The molecule has 1 aromatic heterocycles. The highest BCUT2D eigenvalue weighted by atomic mass is 16.5. The van der Waals surface area contributed by atoms with Crippen molar-refractivity contribution < 1.29 is 9.53 Å². The molecule has 0 spiro atoms. The Labute approximate surface area is 196 Å². The van der Waals surface area contributed by atoms with Gasteiger partial charge in [0.15, 0.2) is 0 Å². The molecule has 0 radical (unpaired) electrons. The molecule has 4 rings (SSSR count). The second-order valence-corrected chi connectivity index (χ2v) is 9.79. The van der Waals surface area contributed by atoms with E-state index in [4.69, 9.17) is 4.74 Å². The summed E-state index contributed by atoms with van der Waals surface area (Å²) in [4.78, 5) is 13.1. The summed E-state index contributed by atoms with van der Waals surface area (Å²) < 4.78 is 7.21. The molecule has 2 aromatic carbocycles. The molecule has 0 saturated heterocycles. The lowest BCUT2D eigenvalue weighted by Gasteiger charge is -2.39. The molecule has 2 heterocycles. The van der Waals surface area contributed by atoms with Crippen LogP contribution in [0.1, 0.15) is 73.2 Å². The number of anilines is 1. The first-order valence-electron chi connectivity index (χ1n) is 11.6. The molecule has 1 amide bonds. The largest absolute Gasteiger partial charge is 0.497 e. The zero-order chi connectivity index (χ0) is 23.6. The van der Waals surface area contributed by atoms with Gasteiger partial charge in [-0.25, -0.2) is 4.68 Å². The number of hydrogen-bond donors (Lipinski definition) is 2. The Balaban J connectivity index is 1.57. The third-order valence-corrected chi connectivity index (χ3v) is 6.51. The van der Waals surface area contributed by atoms with Gasteiger partial charge in [0.2, 0.25) is 0 Å². The monoisotopic (exact) mass is 446 g/mol. The lowest BCUT2D eigenvalue weighted by Crippen LogP contribution is -2.35. The van der Waals surface area contributed by atoms with Crippen molar-refractivity contribution >= 4 is 11.7 Å². The topological polar surface area (TPSA) is 68.2 Å². The van der Waals surface area contributed by atoms with Crippen molar-refractivity contribution in [3.8, 4) is 5.75 Å². The van der Waals surface area contributed by atoms with Crippen molar-refractivity contribution in [1.82, 2.24) is 15.1 Å². The van der Waals surface area contributed by atoms with Crippen LogP contribution >= 0.6 is 0 Å². The zero-order valence-electron chi connectivity index (χ0n) is 20.2. The molecule has 0 saturated carbocycles. The van der Waals surface area contributed by atoms with E-state index in [9.17, 15) is 4.79 Å². The summed E-state index contributed by atoms with van der Waals surface area (Å²) in [6.45, 7) is 9.30. The number of nitrogens with zero attached hydrogens (tertiary/aromatic N) is 2. The van der Waals surface area contributed by atoms with E-state index in [-0.39, 0.29) is 23.4 Å². The molecular weight excluding hydrogens is 412 g/mol. The SMILES string of the molecule is CCc1ccc([C@H]2C[C@@H](C(C)(C)C)n3ncc(C(=O)NCc4ccc(OC)cc4)c3N2)cc1. The van der Waals surface area contributed by atoms with Gasteiger partial charge in [0.25, 0.3) is 5.91 Å². The minimum Gasteiger partial charge on any atom is -0.497 e. The summed E-state index contributed by atoms with van der Waals surface area (Å²) in [7, 11) is 1.64. The van der Waals surface area contributed by atoms with Crippen molar-refractivity contribution in [1.29, 1.82) is 0 Å². The molecule has 0 fully saturated rings. The Morgan fingerprint density at radius 3 is 2.39 bits per heavy atom. The van der Waals surface area contributed by atoms with Crippen LogP contribution in [0.3, 0.4) is 0 Å². The van der Waals surface area contributed by atoms with Gasteiger partial charge in [-0.2, -0.15) is 5.10 Å². The summed E-state index contributed by atoms with van der Waals surface area (Å²) >= 11 is 0. The highest BCUT2D eigenvalue weighted by molar-refractivity contribution is 5.98. The van der Waals surface area contributed by atoms with Crippen LogP contribution in [0, 0.1) is 5.41 Å². The number of aromatic nitrogens is 2. The van der Waals surface area contributed by atoms with E-state index in [0.717, 1.165) is 30.0 Å². The summed E-state index contributed by atoms with van der Waals surface area (Å²) in [5.74, 6) is 1.46. The second kappa shape index (κ2) is 9.30. The number of amides is 1. The fourth-order valence-corrected chi connectivity index (χ4v) is 4.40. The lowest BCUT2D eigenvalue weighted by molar-refractivity contribution is 0.0951. The molecule has 33 heavy (non-hydrogen) atoms. The molecule has 2 atom stereocenters. The maximum absolute atomic E-state index is 13.1. The highest BCUT2D eigenvalue weighted by Gasteiger charge is 2.37. The minimum atomic E-state index is -0.130. The Morgan fingerprint density at radius 2 is 1.79 bits per heavy atom. The van der Waals surface area contributed by atoms with Crippen LogP contribution in [0.5, 0.6) is 5.75 Å². The van der Waals surface area contributed by atoms with Gasteiger partial charge in [0.1, 0.15) is 17.1 Å². The van der Waals surface area contributed by atoms with Crippen LogP contribution in [0.2, 0.25) is 0 Å².